The van der Waals surface area contributed by atoms with Crippen molar-refractivity contribution < 1.29 is 19.4 Å². The molecule has 0 aliphatic carbocycles. The second-order valence-electron chi connectivity index (χ2n) is 5.97. The van der Waals surface area contributed by atoms with E-state index < -0.39 is 5.97 Å². The number of likely N-dealkylation sites (N-methyl/N-ethyl adjacent to an activating group) is 1. The Morgan fingerprint density at radius 1 is 1.28 bits per heavy atom. The average Bonchev–Trinajstić information content (AvgIpc) is 2.93. The number of amidine groups is 1. The Morgan fingerprint density at radius 2 is 1.97 bits per heavy atom. The van der Waals surface area contributed by atoms with Crippen molar-refractivity contribution in [1.29, 1.82) is 0 Å². The molecular weight excluding hydrogens is 435 g/mol. The number of nitrogens with zero attached hydrogens (tertiary/aromatic N) is 2. The van der Waals surface area contributed by atoms with E-state index in [-0.39, 0.29) is 11.5 Å². The van der Waals surface area contributed by atoms with Crippen molar-refractivity contribution in [2.75, 3.05) is 13.7 Å². The summed E-state index contributed by atoms with van der Waals surface area (Å²) >= 11 is 13.6. The summed E-state index contributed by atoms with van der Waals surface area (Å²) in [6.07, 6.45) is 1.67. The molecule has 0 bridgehead atoms. The third kappa shape index (κ3) is 4.75. The number of hydrogen-bond donors (Lipinski definition) is 1. The predicted octanol–water partition coefficient (Wildman–Crippen LogP) is 5.32. The number of aromatic carboxylic acids is 1. The summed E-state index contributed by atoms with van der Waals surface area (Å²) in [5.41, 5.74) is 1.22. The molecule has 1 N–H and O–H groups in total. The van der Waals surface area contributed by atoms with Crippen LogP contribution in [-0.2, 0) is 4.79 Å². The number of benzene rings is 2. The van der Waals surface area contributed by atoms with Gasteiger partial charge in [-0.25, -0.2) is 9.79 Å². The van der Waals surface area contributed by atoms with E-state index in [1.54, 1.807) is 37.4 Å². The molecule has 1 aliphatic rings. The Balaban J connectivity index is 1.91. The van der Waals surface area contributed by atoms with Crippen molar-refractivity contribution in [3.05, 3.63) is 62.5 Å². The molecule has 0 radical (unpaired) electrons. The van der Waals surface area contributed by atoms with Gasteiger partial charge in [0.2, 0.25) is 0 Å². The number of ether oxygens (including phenoxy) is 1. The Kier molecular flexibility index (Phi) is 6.52. The first-order chi connectivity index (χ1) is 13.8. The van der Waals surface area contributed by atoms with Gasteiger partial charge in [0.05, 0.1) is 32.8 Å². The monoisotopic (exact) mass is 450 g/mol. The minimum atomic E-state index is -1.04. The van der Waals surface area contributed by atoms with Gasteiger partial charge in [-0.05, 0) is 60.7 Å². The van der Waals surface area contributed by atoms with Crippen LogP contribution in [0.2, 0.25) is 10.0 Å². The van der Waals surface area contributed by atoms with Crippen LogP contribution in [0.1, 0.15) is 22.8 Å². The molecule has 1 amide bonds. The van der Waals surface area contributed by atoms with Crippen molar-refractivity contribution in [3.63, 3.8) is 0 Å². The maximum Gasteiger partial charge on any atom is 0.335 e. The normalized spacial score (nSPS) is 16.7. The van der Waals surface area contributed by atoms with Crippen molar-refractivity contribution in [2.24, 2.45) is 4.99 Å². The summed E-state index contributed by atoms with van der Waals surface area (Å²) in [7, 11) is 1.61. The molecule has 0 aromatic heterocycles. The SMILES string of the molecule is CCOc1c(Cl)cc(/C=C2/SC(=Nc3cccc(C(=O)O)c3)N(C)C2=O)cc1Cl. The first-order valence-corrected chi connectivity index (χ1v) is 10.1. The van der Waals surface area contributed by atoms with Gasteiger partial charge in [0, 0.05) is 7.05 Å². The van der Waals surface area contributed by atoms with Crippen LogP contribution in [0.5, 0.6) is 5.75 Å². The molecule has 2 aromatic rings. The van der Waals surface area contributed by atoms with E-state index in [0.717, 1.165) is 0 Å². The van der Waals surface area contributed by atoms with Gasteiger partial charge in [-0.15, -0.1) is 0 Å². The highest BCUT2D eigenvalue weighted by atomic mass is 35.5. The van der Waals surface area contributed by atoms with Gasteiger partial charge in [0.15, 0.2) is 10.9 Å². The molecule has 1 heterocycles. The van der Waals surface area contributed by atoms with Crippen molar-refractivity contribution >= 4 is 63.8 Å². The van der Waals surface area contributed by atoms with Crippen molar-refractivity contribution in [3.8, 4) is 5.75 Å². The van der Waals surface area contributed by atoms with Gasteiger partial charge in [0.1, 0.15) is 0 Å². The molecule has 0 atom stereocenters. The second kappa shape index (κ2) is 8.90. The molecule has 9 heteroatoms. The van der Waals surface area contributed by atoms with E-state index in [1.165, 1.54) is 28.8 Å². The predicted molar refractivity (Wildman–Crippen MR) is 116 cm³/mol. The van der Waals surface area contributed by atoms with Crippen LogP contribution in [-0.4, -0.2) is 40.7 Å². The van der Waals surface area contributed by atoms with Gasteiger partial charge >= 0.3 is 5.97 Å². The van der Waals surface area contributed by atoms with E-state index in [9.17, 15) is 9.59 Å². The Bertz CT molecular complexity index is 1030. The van der Waals surface area contributed by atoms with Gasteiger partial charge in [0.25, 0.3) is 5.91 Å². The highest BCUT2D eigenvalue weighted by Gasteiger charge is 2.30. The van der Waals surface area contributed by atoms with Gasteiger partial charge < -0.3 is 9.84 Å². The third-order valence-corrected chi connectivity index (χ3v) is 5.55. The van der Waals surface area contributed by atoms with Crippen LogP contribution in [0.25, 0.3) is 6.08 Å². The third-order valence-electron chi connectivity index (χ3n) is 3.93. The Hall–Kier alpha value is -2.48. The zero-order chi connectivity index (χ0) is 21.1. The van der Waals surface area contributed by atoms with E-state index in [1.807, 2.05) is 6.92 Å². The zero-order valence-corrected chi connectivity index (χ0v) is 17.8. The van der Waals surface area contributed by atoms with Crippen LogP contribution in [0.3, 0.4) is 0 Å². The molecule has 1 aliphatic heterocycles. The number of carboxylic acids is 1. The molecule has 29 heavy (non-hydrogen) atoms. The maximum absolute atomic E-state index is 12.6. The number of thioether (sulfide) groups is 1. The summed E-state index contributed by atoms with van der Waals surface area (Å²) in [6, 6.07) is 9.54. The van der Waals surface area contributed by atoms with Crippen LogP contribution >= 0.6 is 35.0 Å². The fourth-order valence-electron chi connectivity index (χ4n) is 2.57. The van der Waals surface area contributed by atoms with Crippen LogP contribution < -0.4 is 4.74 Å². The highest BCUT2D eigenvalue weighted by Crippen LogP contribution is 2.37. The summed E-state index contributed by atoms with van der Waals surface area (Å²) in [6.45, 7) is 2.27. The first kappa shape index (κ1) is 21.2. The lowest BCUT2D eigenvalue weighted by molar-refractivity contribution is -0.121. The van der Waals surface area contributed by atoms with Crippen LogP contribution in [0, 0.1) is 0 Å². The van der Waals surface area contributed by atoms with Gasteiger partial charge in [-0.3, -0.25) is 9.69 Å². The number of hydrogen-bond acceptors (Lipinski definition) is 5. The molecule has 0 unspecified atom stereocenters. The highest BCUT2D eigenvalue weighted by molar-refractivity contribution is 8.18. The fourth-order valence-corrected chi connectivity index (χ4v) is 4.17. The van der Waals surface area contributed by atoms with E-state index in [0.29, 0.717) is 43.7 Å². The number of amides is 1. The largest absolute Gasteiger partial charge is 0.491 e. The summed E-state index contributed by atoms with van der Waals surface area (Å²) in [5.74, 6) is -0.870. The number of halogens is 2. The topological polar surface area (TPSA) is 79.2 Å². The Labute approximate surface area is 181 Å². The summed E-state index contributed by atoms with van der Waals surface area (Å²) < 4.78 is 5.41. The second-order valence-corrected chi connectivity index (χ2v) is 7.79. The fraction of sp³-hybridized carbons (Fsp3) is 0.150. The molecule has 0 spiro atoms. The average molecular weight is 451 g/mol. The number of carbonyl (C=O) groups is 2. The molecule has 6 nitrogen and oxygen atoms in total. The smallest absolute Gasteiger partial charge is 0.335 e. The van der Waals surface area contributed by atoms with Gasteiger partial charge in [-0.1, -0.05) is 29.3 Å². The summed E-state index contributed by atoms with van der Waals surface area (Å²) in [4.78, 5) is 30.0. The molecule has 1 saturated heterocycles. The summed E-state index contributed by atoms with van der Waals surface area (Å²) in [5, 5.41) is 10.3. The lowest BCUT2D eigenvalue weighted by atomic mass is 10.2. The minimum Gasteiger partial charge on any atom is -0.491 e. The van der Waals surface area contributed by atoms with E-state index >= 15 is 0 Å². The van der Waals surface area contributed by atoms with Crippen molar-refractivity contribution in [1.82, 2.24) is 4.90 Å². The Morgan fingerprint density at radius 3 is 2.59 bits per heavy atom. The number of carboxylic acid groups (broad SMARTS) is 1. The lowest BCUT2D eigenvalue weighted by Gasteiger charge is -2.09. The zero-order valence-electron chi connectivity index (χ0n) is 15.5. The molecular formula is C20H16Cl2N2O4S. The van der Waals surface area contributed by atoms with E-state index in [4.69, 9.17) is 33.0 Å². The lowest BCUT2D eigenvalue weighted by Crippen LogP contribution is -2.23. The molecule has 1 fully saturated rings. The van der Waals surface area contributed by atoms with Crippen LogP contribution in [0.4, 0.5) is 5.69 Å². The number of rotatable bonds is 5. The number of aliphatic imine (C=N–C) groups is 1. The minimum absolute atomic E-state index is 0.123. The first-order valence-electron chi connectivity index (χ1n) is 8.51. The maximum atomic E-state index is 12.6. The molecule has 0 saturated carbocycles. The van der Waals surface area contributed by atoms with E-state index in [2.05, 4.69) is 4.99 Å². The van der Waals surface area contributed by atoms with Crippen LogP contribution in [0.15, 0.2) is 46.3 Å². The molecule has 2 aromatic carbocycles. The molecule has 150 valence electrons. The van der Waals surface area contributed by atoms with Crippen molar-refractivity contribution in [2.45, 2.75) is 6.92 Å². The standard InChI is InChI=1S/C20H16Cl2N2O4S/c1-3-28-17-14(21)7-11(8-15(17)22)9-16-18(25)24(2)20(29-16)23-13-6-4-5-12(10-13)19(26)27/h4-10H,3H2,1-2H3,(H,26,27)/b16-9+,23-20?. The van der Waals surface area contributed by atoms with Gasteiger partial charge in [-0.2, -0.15) is 0 Å². The quantitative estimate of drug-likeness (QED) is 0.623. The molecule has 3 rings (SSSR count). The number of carbonyl (C=O) groups excluding carboxylic acids is 1.